The lowest BCUT2D eigenvalue weighted by atomic mass is 9.72. The molecule has 2 saturated heterocycles. The molecule has 2 aliphatic rings. The third-order valence-electron chi connectivity index (χ3n) is 14.0. The van der Waals surface area contributed by atoms with Crippen LogP contribution in [0.3, 0.4) is 0 Å². The Bertz CT molecular complexity index is 2080. The Morgan fingerprint density at radius 2 is 1.76 bits per heavy atom. The van der Waals surface area contributed by atoms with Gasteiger partial charge in [0, 0.05) is 68.8 Å². The Morgan fingerprint density at radius 3 is 2.36 bits per heavy atom. The van der Waals surface area contributed by atoms with Gasteiger partial charge in [0.15, 0.2) is 17.8 Å². The number of phosphoric acid groups is 1. The highest BCUT2D eigenvalue weighted by atomic mass is 31.2. The maximum atomic E-state index is 12.6. The van der Waals surface area contributed by atoms with Gasteiger partial charge >= 0.3 is 7.82 Å². The summed E-state index contributed by atoms with van der Waals surface area (Å²) < 4.78 is 48.2. The number of hydrogen-bond donors (Lipinski definition) is 8. The number of likely N-dealkylation sites (N-methyl/N-ethyl adjacent to an activating group) is 1. The second kappa shape index (κ2) is 27.0. The first kappa shape index (κ1) is 60.9. The number of carbonyl (C=O) groups excluding carboxylic acids is 1. The summed E-state index contributed by atoms with van der Waals surface area (Å²) in [7, 11) is 1.12. The minimum Gasteiger partial charge on any atom is -0.448 e. The lowest BCUT2D eigenvalue weighted by molar-refractivity contribution is -0.334. The molecule has 2 aliphatic heterocycles. The first-order valence-corrected chi connectivity index (χ1v) is 25.4. The summed E-state index contributed by atoms with van der Waals surface area (Å²) in [5.41, 5.74) is 1.87. The molecule has 0 unspecified atom stereocenters. The third-order valence-corrected chi connectivity index (χ3v) is 14.5. The van der Waals surface area contributed by atoms with Gasteiger partial charge in [-0.1, -0.05) is 77.5 Å². The van der Waals surface area contributed by atoms with Gasteiger partial charge in [0.1, 0.15) is 30.3 Å². The molecule has 1 aromatic rings. The van der Waals surface area contributed by atoms with Crippen molar-refractivity contribution in [2.24, 2.45) is 23.2 Å². The predicted molar refractivity (Wildman–Crippen MR) is 262 cm³/mol. The van der Waals surface area contributed by atoms with Gasteiger partial charge in [0.2, 0.25) is 0 Å². The molecule has 1 spiro atoms. The number of hydrogen-bond acceptors (Lipinski definition) is 16. The van der Waals surface area contributed by atoms with E-state index in [4.69, 9.17) is 33.2 Å². The molecule has 0 aromatic carbocycles. The number of carbonyl (C=O) groups is 1. The number of oxazole rings is 1. The normalized spacial score (nSPS) is 27.6. The number of methoxy groups -OCH3 is 2. The van der Waals surface area contributed by atoms with E-state index in [0.717, 1.165) is 16.7 Å². The van der Waals surface area contributed by atoms with Crippen LogP contribution < -0.4 is 5.32 Å². The Morgan fingerprint density at radius 1 is 1.09 bits per heavy atom. The third kappa shape index (κ3) is 16.3. The molecule has 8 N–H and O–H groups in total. The highest BCUT2D eigenvalue weighted by Crippen LogP contribution is 2.59. The van der Waals surface area contributed by atoms with E-state index in [1.54, 1.807) is 45.8 Å². The molecule has 0 radical (unpaired) electrons. The summed E-state index contributed by atoms with van der Waals surface area (Å²) in [6.45, 7) is 16.6. The van der Waals surface area contributed by atoms with Crippen molar-refractivity contribution in [3.05, 3.63) is 71.0 Å². The minimum atomic E-state index is -5.15. The van der Waals surface area contributed by atoms with Crippen molar-refractivity contribution in [1.82, 2.24) is 15.2 Å². The average molecular weight is 1010 g/mol. The van der Waals surface area contributed by atoms with Gasteiger partial charge in [-0.2, -0.15) is 5.26 Å². The second-order valence-electron chi connectivity index (χ2n) is 19.9. The van der Waals surface area contributed by atoms with Crippen LogP contribution in [0.5, 0.6) is 0 Å². The molecule has 70 heavy (non-hydrogen) atoms. The topological polar surface area (TPSA) is 287 Å². The minimum absolute atomic E-state index is 0.0645. The number of phosphoric ester groups is 1. The smallest absolute Gasteiger partial charge is 0.448 e. The number of amides is 1. The summed E-state index contributed by atoms with van der Waals surface area (Å²) in [4.78, 5) is 39.2. The molecule has 19 nitrogen and oxygen atoms in total. The van der Waals surface area contributed by atoms with E-state index in [-0.39, 0.29) is 44.2 Å². The summed E-state index contributed by atoms with van der Waals surface area (Å²) in [6, 6.07) is 1.40. The SMILES string of the molecule is COC[C@H]([C@@H](O)[C@@H](O)C(=O)NCC[C@@H](C)c1nc(/C=C/C[C@H]2O[C@]3(C[C@H](O)[C@H]2C)O[C@@H]([C@@H](C[C@@H](O)[C@@H](C)[C@@H](O)[C@@H](C)/C=C(C)/C(C)=C/C=C/C(C)=C/C#N)OC)[C@@H](OP(=O)(O)O)C3(C)C)co1)N(C)C. The number of allylic oxidation sites excluding steroid dienone is 7. The summed E-state index contributed by atoms with van der Waals surface area (Å²) in [5, 5.41) is 67.1. The maximum Gasteiger partial charge on any atom is 0.469 e. The van der Waals surface area contributed by atoms with Crippen molar-refractivity contribution in [3.63, 3.8) is 0 Å². The number of nitrogens with one attached hydrogen (secondary N) is 1. The fourth-order valence-electron chi connectivity index (χ4n) is 8.96. The first-order valence-electron chi connectivity index (χ1n) is 23.8. The van der Waals surface area contributed by atoms with Gasteiger partial charge in [-0.3, -0.25) is 9.32 Å². The number of aliphatic hydroxyl groups excluding tert-OH is 5. The van der Waals surface area contributed by atoms with Crippen LogP contribution in [0.2, 0.25) is 0 Å². The molecule has 1 aromatic heterocycles. The standard InChI is InChI=1S/C50H81N4O15P/c1-29(20-22-51)16-14-17-30(2)32(4)24-33(5)42(57)35(7)38(55)25-41(65-13)45-46(69-70(61,62)63)49(8,9)50(68-45)26-39(56)34(6)40(67-50)19-15-18-36-27-66-48(53-36)31(3)21-23-52-47(60)44(59)43(58)37(28-64-12)54(10)11/h14-18,20,24,27,31,33-35,37-46,55-59H,19,21,23,25-26,28H2,1-13H3,(H,52,60)(H2,61,62,63)/b16-14+,18-15+,29-20+,30-17+,32-24+/t31-,33+,34-,35-,37-,38-,39+,40-,41-,42+,43-,44-,45+,46-,50-/m1/s1. The monoisotopic (exact) mass is 1010 g/mol. The van der Waals surface area contributed by atoms with Crippen LogP contribution in [-0.4, -0.2) is 159 Å². The van der Waals surface area contributed by atoms with Crippen molar-refractivity contribution < 1.29 is 72.6 Å². The van der Waals surface area contributed by atoms with Crippen molar-refractivity contribution in [1.29, 1.82) is 5.26 Å². The van der Waals surface area contributed by atoms with Gasteiger partial charge < -0.3 is 68.9 Å². The molecule has 2 fully saturated rings. The lowest BCUT2D eigenvalue weighted by Gasteiger charge is -2.50. The van der Waals surface area contributed by atoms with Crippen molar-refractivity contribution in [2.75, 3.05) is 41.5 Å². The van der Waals surface area contributed by atoms with Crippen LogP contribution in [-0.2, 0) is 32.8 Å². The number of rotatable bonds is 26. The van der Waals surface area contributed by atoms with Crippen LogP contribution >= 0.6 is 7.82 Å². The van der Waals surface area contributed by atoms with Crippen LogP contribution in [0.15, 0.2) is 63.9 Å². The van der Waals surface area contributed by atoms with Gasteiger partial charge in [-0.25, -0.2) is 9.55 Å². The summed E-state index contributed by atoms with van der Waals surface area (Å²) in [6.07, 6.45) is 4.10. The van der Waals surface area contributed by atoms with Crippen molar-refractivity contribution >= 4 is 19.8 Å². The van der Waals surface area contributed by atoms with E-state index in [2.05, 4.69) is 10.3 Å². The molecule has 396 valence electrons. The number of ether oxygens (including phenoxy) is 4. The predicted octanol–water partition coefficient (Wildman–Crippen LogP) is 4.69. The zero-order valence-corrected chi connectivity index (χ0v) is 44.0. The number of aliphatic hydroxyl groups is 5. The number of nitriles is 1. The van der Waals surface area contributed by atoms with E-state index in [1.807, 2.05) is 78.0 Å². The molecule has 1 amide bonds. The summed E-state index contributed by atoms with van der Waals surface area (Å²) in [5.74, 6) is -3.63. The maximum absolute atomic E-state index is 12.6. The Balaban J connectivity index is 1.74. The van der Waals surface area contributed by atoms with Crippen LogP contribution in [0, 0.1) is 34.5 Å². The highest BCUT2D eigenvalue weighted by molar-refractivity contribution is 7.46. The highest BCUT2D eigenvalue weighted by Gasteiger charge is 2.68. The average Bonchev–Trinajstić information content (AvgIpc) is 3.84. The van der Waals surface area contributed by atoms with Crippen molar-refractivity contribution in [2.45, 2.75) is 161 Å². The fourth-order valence-corrected chi connectivity index (χ4v) is 9.64. The van der Waals surface area contributed by atoms with Gasteiger partial charge in [-0.15, -0.1) is 0 Å². The Hall–Kier alpha value is -3.42. The van der Waals surface area contributed by atoms with E-state index in [0.29, 0.717) is 18.0 Å². The Kier molecular flexibility index (Phi) is 23.5. The van der Waals surface area contributed by atoms with E-state index < -0.39 is 97.7 Å². The molecular weight excluding hydrogens is 928 g/mol. The molecule has 0 saturated carbocycles. The van der Waals surface area contributed by atoms with Crippen LogP contribution in [0.25, 0.3) is 6.08 Å². The molecule has 0 bridgehead atoms. The quantitative estimate of drug-likeness (QED) is 0.0355. The molecular formula is C50H81N4O15P. The van der Waals surface area contributed by atoms with Crippen LogP contribution in [0.1, 0.15) is 105 Å². The van der Waals surface area contributed by atoms with Gasteiger partial charge in [0.25, 0.3) is 5.91 Å². The fraction of sp³-hybridized carbons (Fsp3) is 0.700. The first-order chi connectivity index (χ1) is 32.6. The van der Waals surface area contributed by atoms with Crippen LogP contribution in [0.4, 0.5) is 0 Å². The zero-order chi connectivity index (χ0) is 52.9. The summed E-state index contributed by atoms with van der Waals surface area (Å²) >= 11 is 0. The molecule has 3 rings (SSSR count). The molecule has 15 atom stereocenters. The molecule has 3 heterocycles. The second-order valence-corrected chi connectivity index (χ2v) is 21.1. The molecule has 20 heteroatoms. The van der Waals surface area contributed by atoms with Gasteiger partial charge in [0.05, 0.1) is 49.2 Å². The van der Waals surface area contributed by atoms with E-state index >= 15 is 0 Å². The Labute approximate surface area is 414 Å². The van der Waals surface area contributed by atoms with Crippen molar-refractivity contribution in [3.8, 4) is 6.07 Å². The molecule has 0 aliphatic carbocycles. The number of aromatic nitrogens is 1. The van der Waals surface area contributed by atoms with Gasteiger partial charge in [-0.05, 0) is 64.9 Å². The van der Waals surface area contributed by atoms with E-state index in [9.17, 15) is 44.7 Å². The zero-order valence-electron chi connectivity index (χ0n) is 43.1. The van der Waals surface area contributed by atoms with E-state index in [1.165, 1.54) is 26.6 Å². The number of nitrogens with zero attached hydrogens (tertiary/aromatic N) is 3. The lowest BCUT2D eigenvalue weighted by Crippen LogP contribution is -2.58. The largest absolute Gasteiger partial charge is 0.469 e.